The first-order chi connectivity index (χ1) is 9.20. The molecule has 1 aliphatic heterocycles. The van der Waals surface area contributed by atoms with E-state index >= 15 is 0 Å². The topological polar surface area (TPSA) is 84.6 Å². The number of carbonyl (C=O) groups is 1. The second-order valence-corrected chi connectivity index (χ2v) is 4.39. The van der Waals surface area contributed by atoms with Crippen molar-refractivity contribution in [3.8, 4) is 0 Å². The molecule has 7 heteroatoms. The van der Waals surface area contributed by atoms with Crippen LogP contribution in [-0.2, 0) is 4.84 Å². The molecule has 2 N–H and O–H groups in total. The van der Waals surface area contributed by atoms with Crippen molar-refractivity contribution in [1.29, 1.82) is 0 Å². The Morgan fingerprint density at radius 1 is 1.32 bits per heavy atom. The summed E-state index contributed by atoms with van der Waals surface area (Å²) in [4.78, 5) is 26.9. The number of piperazine rings is 1. The van der Waals surface area contributed by atoms with Crippen LogP contribution in [0, 0.1) is 0 Å². The van der Waals surface area contributed by atoms with E-state index in [1.165, 1.54) is 12.4 Å². The van der Waals surface area contributed by atoms with Crippen molar-refractivity contribution in [3.05, 3.63) is 18.0 Å². The second kappa shape index (κ2) is 6.44. The minimum absolute atomic E-state index is 0.327. The summed E-state index contributed by atoms with van der Waals surface area (Å²) in [5.41, 5.74) is 5.48. The van der Waals surface area contributed by atoms with Crippen molar-refractivity contribution in [1.82, 2.24) is 15.0 Å². The van der Waals surface area contributed by atoms with Gasteiger partial charge in [-0.25, -0.2) is 9.97 Å². The molecule has 0 spiro atoms. The molecule has 0 bridgehead atoms. The van der Waals surface area contributed by atoms with E-state index in [0.717, 1.165) is 39.2 Å². The molecule has 19 heavy (non-hydrogen) atoms. The average Bonchev–Trinajstić information content (AvgIpc) is 2.46. The van der Waals surface area contributed by atoms with Crippen LogP contribution in [0.5, 0.6) is 0 Å². The monoisotopic (exact) mass is 265 g/mol. The van der Waals surface area contributed by atoms with Gasteiger partial charge in [0.05, 0.1) is 12.2 Å². The van der Waals surface area contributed by atoms with Gasteiger partial charge in [0.25, 0.3) is 5.91 Å². The predicted octanol–water partition coefficient (Wildman–Crippen LogP) is 0.0391. The lowest BCUT2D eigenvalue weighted by molar-refractivity contribution is -0.161. The van der Waals surface area contributed by atoms with Gasteiger partial charge in [-0.05, 0) is 6.42 Å². The number of nitrogens with zero attached hydrogens (tertiary/aromatic N) is 4. The molecule has 0 radical (unpaired) electrons. The molecule has 0 unspecified atom stereocenters. The molecule has 104 valence electrons. The Morgan fingerprint density at radius 3 is 2.47 bits per heavy atom. The highest BCUT2D eigenvalue weighted by Gasteiger charge is 2.19. The number of hydrogen-bond donors (Lipinski definition) is 1. The quantitative estimate of drug-likeness (QED) is 0.809. The van der Waals surface area contributed by atoms with Crippen LogP contribution in [0.1, 0.15) is 23.7 Å². The number of amides is 1. The molecule has 1 amide bonds. The fraction of sp³-hybridized carbons (Fsp3) is 0.583. The van der Waals surface area contributed by atoms with E-state index in [2.05, 4.69) is 21.8 Å². The van der Waals surface area contributed by atoms with E-state index in [1.54, 1.807) is 0 Å². The first kappa shape index (κ1) is 13.7. The summed E-state index contributed by atoms with van der Waals surface area (Å²) in [6, 6.07) is 0. The summed E-state index contributed by atoms with van der Waals surface area (Å²) in [5, 5.41) is 1.97. The lowest BCUT2D eigenvalue weighted by Crippen LogP contribution is -2.47. The Bertz CT molecular complexity index is 415. The van der Waals surface area contributed by atoms with Gasteiger partial charge < -0.3 is 10.6 Å². The third-order valence-corrected chi connectivity index (χ3v) is 2.92. The van der Waals surface area contributed by atoms with Crippen LogP contribution < -0.4 is 10.6 Å². The molecule has 2 heterocycles. The Hall–Kier alpha value is -1.73. The number of anilines is 1. The number of aromatic nitrogens is 2. The average molecular weight is 265 g/mol. The van der Waals surface area contributed by atoms with Gasteiger partial charge in [-0.3, -0.25) is 9.63 Å². The van der Waals surface area contributed by atoms with Crippen LogP contribution in [0.4, 0.5) is 5.95 Å². The maximum absolute atomic E-state index is 10.9. The zero-order chi connectivity index (χ0) is 13.7. The Labute approximate surface area is 112 Å². The first-order valence-electron chi connectivity index (χ1n) is 6.45. The minimum atomic E-state index is -0.510. The summed E-state index contributed by atoms with van der Waals surface area (Å²) >= 11 is 0. The van der Waals surface area contributed by atoms with Gasteiger partial charge in [0.15, 0.2) is 0 Å². The van der Waals surface area contributed by atoms with E-state index in [0.29, 0.717) is 11.5 Å². The number of primary amides is 1. The van der Waals surface area contributed by atoms with Gasteiger partial charge in [0.2, 0.25) is 5.95 Å². The van der Waals surface area contributed by atoms with E-state index in [9.17, 15) is 4.79 Å². The minimum Gasteiger partial charge on any atom is -0.366 e. The number of rotatable bonds is 5. The molecule has 7 nitrogen and oxygen atoms in total. The third-order valence-electron chi connectivity index (χ3n) is 2.92. The second-order valence-electron chi connectivity index (χ2n) is 4.39. The molecule has 1 aromatic rings. The van der Waals surface area contributed by atoms with Gasteiger partial charge in [0.1, 0.15) is 0 Å². The van der Waals surface area contributed by atoms with Crippen LogP contribution in [0.25, 0.3) is 0 Å². The molecular formula is C12H19N5O2. The first-order valence-corrected chi connectivity index (χ1v) is 6.45. The smallest absolute Gasteiger partial charge is 0.251 e. The highest BCUT2D eigenvalue weighted by Crippen LogP contribution is 2.11. The maximum Gasteiger partial charge on any atom is 0.251 e. The molecule has 1 aromatic heterocycles. The van der Waals surface area contributed by atoms with Gasteiger partial charge >= 0.3 is 0 Å². The van der Waals surface area contributed by atoms with Gasteiger partial charge in [-0.15, -0.1) is 0 Å². The lowest BCUT2D eigenvalue weighted by Gasteiger charge is -2.33. The largest absolute Gasteiger partial charge is 0.366 e. The zero-order valence-corrected chi connectivity index (χ0v) is 11.1. The molecule has 1 aliphatic rings. The Morgan fingerprint density at radius 2 is 1.95 bits per heavy atom. The van der Waals surface area contributed by atoms with Gasteiger partial charge in [0, 0.05) is 38.6 Å². The fourth-order valence-electron chi connectivity index (χ4n) is 1.85. The van der Waals surface area contributed by atoms with Crippen LogP contribution in [0.3, 0.4) is 0 Å². The van der Waals surface area contributed by atoms with Crippen molar-refractivity contribution in [2.75, 3.05) is 37.7 Å². The molecule has 0 aliphatic carbocycles. The summed E-state index contributed by atoms with van der Waals surface area (Å²) in [5.74, 6) is 0.115. The van der Waals surface area contributed by atoms with Crippen LogP contribution in [0.2, 0.25) is 0 Å². The zero-order valence-electron chi connectivity index (χ0n) is 11.1. The third kappa shape index (κ3) is 3.62. The van der Waals surface area contributed by atoms with Gasteiger partial charge in [-0.1, -0.05) is 6.92 Å². The molecule has 0 atom stereocenters. The molecule has 0 saturated carbocycles. The molecule has 0 aromatic carbocycles. The van der Waals surface area contributed by atoms with Crippen LogP contribution in [0.15, 0.2) is 12.4 Å². The number of nitrogens with two attached hydrogens (primary N) is 1. The van der Waals surface area contributed by atoms with E-state index in [-0.39, 0.29) is 0 Å². The van der Waals surface area contributed by atoms with E-state index in [4.69, 9.17) is 10.6 Å². The van der Waals surface area contributed by atoms with Crippen LogP contribution in [-0.4, -0.2) is 53.7 Å². The van der Waals surface area contributed by atoms with Crippen molar-refractivity contribution in [2.24, 2.45) is 5.73 Å². The van der Waals surface area contributed by atoms with Crippen molar-refractivity contribution in [3.63, 3.8) is 0 Å². The van der Waals surface area contributed by atoms with Crippen LogP contribution >= 0.6 is 0 Å². The maximum atomic E-state index is 10.9. The summed E-state index contributed by atoms with van der Waals surface area (Å²) < 4.78 is 0. The predicted molar refractivity (Wildman–Crippen MR) is 70.6 cm³/mol. The molecule has 1 saturated heterocycles. The standard InChI is InChI=1S/C12H19N5O2/c1-2-7-19-17-5-3-16(4-6-17)12-14-8-10(9-15-12)11(13)18/h8-9H,2-7H2,1H3,(H2,13,18). The van der Waals surface area contributed by atoms with Crippen molar-refractivity contribution >= 4 is 11.9 Å². The Kier molecular flexibility index (Phi) is 4.64. The summed E-state index contributed by atoms with van der Waals surface area (Å²) in [6.45, 7) is 6.09. The van der Waals surface area contributed by atoms with Crippen molar-refractivity contribution < 1.29 is 9.63 Å². The fourth-order valence-corrected chi connectivity index (χ4v) is 1.85. The molecule has 2 rings (SSSR count). The summed E-state index contributed by atoms with van der Waals surface area (Å²) in [6.07, 6.45) is 3.94. The number of hydrogen-bond acceptors (Lipinski definition) is 6. The highest BCUT2D eigenvalue weighted by atomic mass is 16.7. The SMILES string of the molecule is CCCON1CCN(c2ncc(C(N)=O)cn2)CC1. The molecular weight excluding hydrogens is 246 g/mol. The highest BCUT2D eigenvalue weighted by molar-refractivity contribution is 5.92. The van der Waals surface area contributed by atoms with E-state index in [1.807, 2.05) is 5.06 Å². The van der Waals surface area contributed by atoms with E-state index < -0.39 is 5.91 Å². The van der Waals surface area contributed by atoms with Gasteiger partial charge in [-0.2, -0.15) is 5.06 Å². The molecule has 1 fully saturated rings. The summed E-state index contributed by atoms with van der Waals surface area (Å²) in [7, 11) is 0. The number of carbonyl (C=O) groups excluding carboxylic acids is 1. The lowest BCUT2D eigenvalue weighted by atomic mass is 10.3. The number of hydroxylamine groups is 2. The van der Waals surface area contributed by atoms with Crippen molar-refractivity contribution in [2.45, 2.75) is 13.3 Å². The normalized spacial score (nSPS) is 16.6. The Balaban J connectivity index is 1.88.